The first-order valence-corrected chi connectivity index (χ1v) is 6.20. The van der Waals surface area contributed by atoms with Gasteiger partial charge in [-0.05, 0) is 19.5 Å². The molecule has 1 atom stereocenters. The number of hydrogen-bond acceptors (Lipinski definition) is 2. The molecule has 0 radical (unpaired) electrons. The number of rotatable bonds is 6. The summed E-state index contributed by atoms with van der Waals surface area (Å²) in [4.78, 5) is 0. The maximum absolute atomic E-state index is 5.70. The van der Waals surface area contributed by atoms with Gasteiger partial charge in [0.2, 0.25) is 0 Å². The standard InChI is InChI=1S/C13H18BrNO/c1-4-12(15-3)11-7-5-6-8-13(11)16-9-10(2)14/h5-8,12,15H,2,4,9H2,1,3H3. The fraction of sp³-hybridized carbons (Fsp3) is 0.385. The van der Waals surface area contributed by atoms with Crippen molar-refractivity contribution in [3.05, 3.63) is 40.9 Å². The predicted molar refractivity (Wildman–Crippen MR) is 72.1 cm³/mol. The van der Waals surface area contributed by atoms with Crippen molar-refractivity contribution >= 4 is 15.9 Å². The molecule has 16 heavy (non-hydrogen) atoms. The molecule has 1 unspecified atom stereocenters. The zero-order chi connectivity index (χ0) is 12.0. The van der Waals surface area contributed by atoms with Gasteiger partial charge in [0.25, 0.3) is 0 Å². The second-order valence-electron chi connectivity index (χ2n) is 3.59. The Labute approximate surface area is 106 Å². The van der Waals surface area contributed by atoms with Crippen LogP contribution in [0.3, 0.4) is 0 Å². The first-order chi connectivity index (χ1) is 7.69. The second kappa shape index (κ2) is 6.71. The smallest absolute Gasteiger partial charge is 0.124 e. The Kier molecular flexibility index (Phi) is 5.56. The van der Waals surface area contributed by atoms with E-state index in [0.717, 1.165) is 16.7 Å². The SMILES string of the molecule is C=C(Br)COc1ccccc1C(CC)NC. The quantitative estimate of drug-likeness (QED) is 0.861. The summed E-state index contributed by atoms with van der Waals surface area (Å²) < 4.78 is 6.54. The van der Waals surface area contributed by atoms with Gasteiger partial charge in [0.1, 0.15) is 12.4 Å². The van der Waals surface area contributed by atoms with Crippen molar-refractivity contribution in [2.24, 2.45) is 0 Å². The van der Waals surface area contributed by atoms with E-state index >= 15 is 0 Å². The Balaban J connectivity index is 2.86. The summed E-state index contributed by atoms with van der Waals surface area (Å²) in [6.45, 7) is 6.41. The minimum atomic E-state index is 0.333. The van der Waals surface area contributed by atoms with E-state index in [0.29, 0.717) is 12.6 Å². The van der Waals surface area contributed by atoms with Crippen LogP contribution in [0.5, 0.6) is 5.75 Å². The van der Waals surface area contributed by atoms with Crippen LogP contribution in [0.1, 0.15) is 24.9 Å². The Morgan fingerprint density at radius 2 is 2.19 bits per heavy atom. The highest BCUT2D eigenvalue weighted by Gasteiger charge is 2.11. The lowest BCUT2D eigenvalue weighted by Crippen LogP contribution is -2.16. The lowest BCUT2D eigenvalue weighted by molar-refractivity contribution is 0.351. The minimum absolute atomic E-state index is 0.333. The zero-order valence-electron chi connectivity index (χ0n) is 9.79. The summed E-state index contributed by atoms with van der Waals surface area (Å²) in [5.41, 5.74) is 1.20. The van der Waals surface area contributed by atoms with Gasteiger partial charge in [-0.15, -0.1) is 0 Å². The van der Waals surface area contributed by atoms with Gasteiger partial charge in [0.05, 0.1) is 0 Å². The molecule has 0 heterocycles. The van der Waals surface area contributed by atoms with E-state index in [-0.39, 0.29) is 0 Å². The highest BCUT2D eigenvalue weighted by Crippen LogP contribution is 2.27. The predicted octanol–water partition coefficient (Wildman–Crippen LogP) is 3.64. The zero-order valence-corrected chi connectivity index (χ0v) is 11.4. The average molecular weight is 284 g/mol. The Morgan fingerprint density at radius 1 is 1.50 bits per heavy atom. The van der Waals surface area contributed by atoms with Crippen LogP contribution in [0.25, 0.3) is 0 Å². The molecule has 0 amide bonds. The molecular formula is C13H18BrNO. The van der Waals surface area contributed by atoms with Gasteiger partial charge in [0, 0.05) is 16.1 Å². The van der Waals surface area contributed by atoms with Crippen LogP contribution in [0, 0.1) is 0 Å². The van der Waals surface area contributed by atoms with E-state index in [2.05, 4.69) is 40.8 Å². The van der Waals surface area contributed by atoms with E-state index in [1.165, 1.54) is 5.56 Å². The van der Waals surface area contributed by atoms with Gasteiger partial charge < -0.3 is 10.1 Å². The van der Waals surface area contributed by atoms with Crippen LogP contribution in [0.2, 0.25) is 0 Å². The number of hydrogen-bond donors (Lipinski definition) is 1. The highest BCUT2D eigenvalue weighted by molar-refractivity contribution is 9.11. The van der Waals surface area contributed by atoms with E-state index in [9.17, 15) is 0 Å². The van der Waals surface area contributed by atoms with Gasteiger partial charge in [-0.3, -0.25) is 0 Å². The fourth-order valence-corrected chi connectivity index (χ4v) is 1.75. The monoisotopic (exact) mass is 283 g/mol. The van der Waals surface area contributed by atoms with E-state index in [1.54, 1.807) is 0 Å². The third kappa shape index (κ3) is 3.65. The Hall–Kier alpha value is -0.800. The summed E-state index contributed by atoms with van der Waals surface area (Å²) in [6, 6.07) is 8.44. The van der Waals surface area contributed by atoms with Gasteiger partial charge in [-0.25, -0.2) is 0 Å². The van der Waals surface area contributed by atoms with Crippen molar-refractivity contribution < 1.29 is 4.74 Å². The molecule has 88 valence electrons. The lowest BCUT2D eigenvalue weighted by Gasteiger charge is -2.18. The first kappa shape index (κ1) is 13.3. The maximum Gasteiger partial charge on any atom is 0.124 e. The van der Waals surface area contributed by atoms with E-state index < -0.39 is 0 Å². The Morgan fingerprint density at radius 3 is 2.75 bits per heavy atom. The van der Waals surface area contributed by atoms with Crippen LogP contribution in [-0.4, -0.2) is 13.7 Å². The highest BCUT2D eigenvalue weighted by atomic mass is 79.9. The molecule has 0 aliphatic heterocycles. The van der Waals surface area contributed by atoms with Crippen LogP contribution >= 0.6 is 15.9 Å². The van der Waals surface area contributed by atoms with Gasteiger partial charge in [0.15, 0.2) is 0 Å². The minimum Gasteiger partial charge on any atom is -0.488 e. The van der Waals surface area contributed by atoms with Crippen LogP contribution < -0.4 is 10.1 Å². The molecule has 0 aliphatic rings. The van der Waals surface area contributed by atoms with Crippen molar-refractivity contribution in [3.8, 4) is 5.75 Å². The van der Waals surface area contributed by atoms with Crippen molar-refractivity contribution in [1.82, 2.24) is 5.32 Å². The Bertz CT molecular complexity index is 348. The lowest BCUT2D eigenvalue weighted by atomic mass is 10.0. The van der Waals surface area contributed by atoms with E-state index in [4.69, 9.17) is 4.74 Å². The molecule has 0 saturated carbocycles. The molecule has 0 bridgehead atoms. The number of benzene rings is 1. The maximum atomic E-state index is 5.70. The topological polar surface area (TPSA) is 21.3 Å². The van der Waals surface area contributed by atoms with E-state index in [1.807, 2.05) is 25.2 Å². The number of ether oxygens (including phenoxy) is 1. The summed E-state index contributed by atoms with van der Waals surface area (Å²) in [5.74, 6) is 0.921. The summed E-state index contributed by atoms with van der Waals surface area (Å²) in [5, 5.41) is 3.28. The second-order valence-corrected chi connectivity index (χ2v) is 4.71. The molecule has 0 fully saturated rings. The first-order valence-electron chi connectivity index (χ1n) is 5.41. The molecule has 1 rings (SSSR count). The molecule has 0 aromatic heterocycles. The number of halogens is 1. The summed E-state index contributed by atoms with van der Waals surface area (Å²) in [7, 11) is 1.97. The third-order valence-corrected chi connectivity index (χ3v) is 2.66. The van der Waals surface area contributed by atoms with Crippen LogP contribution in [-0.2, 0) is 0 Å². The van der Waals surface area contributed by atoms with Gasteiger partial charge in [-0.1, -0.05) is 47.6 Å². The molecular weight excluding hydrogens is 266 g/mol. The molecule has 2 nitrogen and oxygen atoms in total. The number of nitrogens with one attached hydrogen (secondary N) is 1. The molecule has 0 saturated heterocycles. The van der Waals surface area contributed by atoms with Crippen molar-refractivity contribution in [3.63, 3.8) is 0 Å². The summed E-state index contributed by atoms with van der Waals surface area (Å²) in [6.07, 6.45) is 1.03. The summed E-state index contributed by atoms with van der Waals surface area (Å²) >= 11 is 3.29. The molecule has 1 N–H and O–H groups in total. The van der Waals surface area contributed by atoms with Gasteiger partial charge >= 0.3 is 0 Å². The molecule has 0 spiro atoms. The van der Waals surface area contributed by atoms with Crippen LogP contribution in [0.15, 0.2) is 35.3 Å². The molecule has 0 aliphatic carbocycles. The van der Waals surface area contributed by atoms with Crippen molar-refractivity contribution in [2.75, 3.05) is 13.7 Å². The van der Waals surface area contributed by atoms with Crippen molar-refractivity contribution in [2.45, 2.75) is 19.4 Å². The molecule has 1 aromatic rings. The fourth-order valence-electron chi connectivity index (χ4n) is 1.64. The molecule has 3 heteroatoms. The van der Waals surface area contributed by atoms with Gasteiger partial charge in [-0.2, -0.15) is 0 Å². The number of para-hydroxylation sites is 1. The average Bonchev–Trinajstić information content (AvgIpc) is 2.29. The normalized spacial score (nSPS) is 12.2. The third-order valence-electron chi connectivity index (χ3n) is 2.44. The molecule has 1 aromatic carbocycles. The van der Waals surface area contributed by atoms with Crippen LogP contribution in [0.4, 0.5) is 0 Å². The van der Waals surface area contributed by atoms with Crippen molar-refractivity contribution in [1.29, 1.82) is 0 Å². The largest absolute Gasteiger partial charge is 0.488 e.